The second-order valence-electron chi connectivity index (χ2n) is 13.5. The molecule has 2 aliphatic carbocycles. The summed E-state index contributed by atoms with van der Waals surface area (Å²) in [6.45, 7) is 5.73. The van der Waals surface area contributed by atoms with Crippen molar-refractivity contribution < 1.29 is 9.18 Å². The summed E-state index contributed by atoms with van der Waals surface area (Å²) < 4.78 is 16.3. The molecule has 3 saturated heterocycles. The zero-order valence-corrected chi connectivity index (χ0v) is 29.4. The van der Waals surface area contributed by atoms with E-state index in [1.54, 1.807) is 25.1 Å². The van der Waals surface area contributed by atoms with E-state index in [1.807, 2.05) is 17.9 Å². The van der Waals surface area contributed by atoms with E-state index in [0.29, 0.717) is 39.2 Å². The molecule has 0 radical (unpaired) electrons. The first kappa shape index (κ1) is 35.0. The van der Waals surface area contributed by atoms with Crippen LogP contribution in [0.1, 0.15) is 74.9 Å². The number of allylic oxidation sites excluding steroid dienone is 1. The monoisotopic (exact) mass is 704 g/mol. The number of carbonyl (C=O) groups is 1. The molecule has 1 atom stereocenters. The number of rotatable bonds is 6. The third kappa shape index (κ3) is 7.22. The minimum atomic E-state index is -0.484. The molecule has 5 heterocycles. The molecule has 9 nitrogen and oxygen atoms in total. The molecule has 9 rings (SSSR count). The van der Waals surface area contributed by atoms with Gasteiger partial charge in [-0.05, 0) is 95.0 Å². The lowest BCUT2D eigenvalue weighted by Crippen LogP contribution is -2.31. The van der Waals surface area contributed by atoms with E-state index < -0.39 is 5.82 Å². The van der Waals surface area contributed by atoms with Gasteiger partial charge in [-0.1, -0.05) is 35.3 Å². The van der Waals surface area contributed by atoms with Gasteiger partial charge in [0, 0.05) is 70.1 Å². The Kier molecular flexibility index (Phi) is 10.7. The molecule has 2 aromatic heterocycles. The fourth-order valence-electron chi connectivity index (χ4n) is 7.12. The lowest BCUT2D eigenvalue weighted by molar-refractivity contribution is -0.133. The maximum atomic E-state index is 16.3. The largest absolute Gasteiger partial charge is 0.403 e. The Balaban J connectivity index is 0.000000292. The summed E-state index contributed by atoms with van der Waals surface area (Å²) in [7, 11) is 0. The Morgan fingerprint density at radius 1 is 1.22 bits per heavy atom. The van der Waals surface area contributed by atoms with Gasteiger partial charge < -0.3 is 26.4 Å². The normalized spacial score (nSPS) is 21.0. The summed E-state index contributed by atoms with van der Waals surface area (Å²) in [4.78, 5) is 23.1. The molecule has 5 aliphatic rings. The van der Waals surface area contributed by atoms with Crippen LogP contribution in [0.5, 0.6) is 0 Å². The first-order chi connectivity index (χ1) is 23.6. The Labute approximate surface area is 296 Å². The van der Waals surface area contributed by atoms with E-state index in [9.17, 15) is 10.1 Å². The van der Waals surface area contributed by atoms with Crippen molar-refractivity contribution in [2.75, 3.05) is 13.1 Å². The van der Waals surface area contributed by atoms with Crippen LogP contribution >= 0.6 is 23.2 Å². The van der Waals surface area contributed by atoms with Gasteiger partial charge >= 0.3 is 0 Å². The van der Waals surface area contributed by atoms with Crippen molar-refractivity contribution in [1.29, 1.82) is 5.26 Å². The van der Waals surface area contributed by atoms with Crippen LogP contribution in [0.4, 0.5) is 4.39 Å². The number of H-pyrrole nitrogens is 1. The molecule has 3 aliphatic heterocycles. The molecule has 4 aromatic rings. The number of pyridine rings is 1. The quantitative estimate of drug-likeness (QED) is 0.104. The van der Waals surface area contributed by atoms with E-state index in [0.717, 1.165) is 66.5 Å². The number of hydrogen-bond donors (Lipinski definition) is 5. The number of nitriles is 1. The number of hydrazine groups is 1. The van der Waals surface area contributed by atoms with Gasteiger partial charge in [0.1, 0.15) is 5.52 Å². The zero-order chi connectivity index (χ0) is 34.8. The third-order valence-corrected chi connectivity index (χ3v) is 10.9. The fourth-order valence-corrected chi connectivity index (χ4v) is 7.51. The highest BCUT2D eigenvalue weighted by Gasteiger charge is 2.39. The molecule has 258 valence electrons. The number of halogens is 3. The van der Waals surface area contributed by atoms with Crippen LogP contribution in [0.25, 0.3) is 32.9 Å². The topological polar surface area (TPSA) is 149 Å². The predicted molar refractivity (Wildman–Crippen MR) is 194 cm³/mol. The average molecular weight is 706 g/mol. The van der Waals surface area contributed by atoms with Crippen LogP contribution in [-0.2, 0) is 11.2 Å². The highest BCUT2D eigenvalue weighted by Crippen LogP contribution is 2.43. The fraction of sp³-hybridized carbons (Fsp3) is 0.432. The number of aromatic nitrogens is 2. The van der Waals surface area contributed by atoms with Crippen LogP contribution in [0.15, 0.2) is 42.2 Å². The number of hydrogen-bond acceptors (Lipinski definition) is 7. The number of benzene rings is 2. The average Bonchev–Trinajstić information content (AvgIpc) is 3.50. The van der Waals surface area contributed by atoms with Crippen molar-refractivity contribution in [3.05, 3.63) is 75.0 Å². The van der Waals surface area contributed by atoms with Crippen molar-refractivity contribution in [3.63, 3.8) is 0 Å². The van der Waals surface area contributed by atoms with E-state index >= 15 is 4.39 Å². The summed E-state index contributed by atoms with van der Waals surface area (Å²) in [5.74, 6) is 5.89. The highest BCUT2D eigenvalue weighted by molar-refractivity contribution is 6.43. The maximum absolute atomic E-state index is 16.3. The zero-order valence-electron chi connectivity index (χ0n) is 27.9. The van der Waals surface area contributed by atoms with Gasteiger partial charge in [0.05, 0.1) is 27.7 Å². The number of likely N-dealkylation sites (tertiary alicyclic amines) is 1. The van der Waals surface area contributed by atoms with Crippen LogP contribution in [-0.4, -0.2) is 39.9 Å². The van der Waals surface area contributed by atoms with E-state index in [4.69, 9.17) is 34.8 Å². The van der Waals surface area contributed by atoms with Crippen molar-refractivity contribution in [2.24, 2.45) is 23.4 Å². The van der Waals surface area contributed by atoms with Gasteiger partial charge in [0.2, 0.25) is 5.91 Å². The Bertz CT molecular complexity index is 1930. The van der Waals surface area contributed by atoms with Gasteiger partial charge in [0.15, 0.2) is 5.82 Å². The molecule has 2 aromatic carbocycles. The number of aromatic amines is 1. The van der Waals surface area contributed by atoms with Crippen LogP contribution in [0.3, 0.4) is 0 Å². The summed E-state index contributed by atoms with van der Waals surface area (Å²) in [5.41, 5.74) is 12.3. The number of nitrogens with zero attached hydrogens (tertiary/aromatic N) is 3. The van der Waals surface area contributed by atoms with Gasteiger partial charge in [-0.25, -0.2) is 9.37 Å². The third-order valence-electron chi connectivity index (χ3n) is 10.1. The molecule has 1 unspecified atom stereocenters. The first-order valence-electron chi connectivity index (χ1n) is 17.0. The molecule has 0 spiro atoms. The molecular formula is C37H43Cl2FN8O. The highest BCUT2D eigenvalue weighted by atomic mass is 35.5. The second-order valence-corrected chi connectivity index (χ2v) is 14.3. The Hall–Kier alpha value is -3.88. The van der Waals surface area contributed by atoms with E-state index in [1.165, 1.54) is 25.6 Å². The van der Waals surface area contributed by atoms with Crippen molar-refractivity contribution in [2.45, 2.75) is 77.3 Å². The van der Waals surface area contributed by atoms with Gasteiger partial charge in [0.25, 0.3) is 0 Å². The molecule has 49 heavy (non-hydrogen) atoms. The number of aryl methyl sites for hydroxylation is 2. The molecule has 2 bridgehead atoms. The predicted octanol–water partition coefficient (Wildman–Crippen LogP) is 7.31. The molecule has 7 N–H and O–H groups in total. The van der Waals surface area contributed by atoms with Crippen LogP contribution in [0.2, 0.25) is 10.0 Å². The SMILES string of the molecule is C/C(=C/N)NN.C1NC2CC1C2.Cc1nc2c(F)c(-c3cccc(Cl)c3Cl)c(CCC#N)cc2c2[nH]c(C3CCCN3C(=O)C3CC3)cc12. The van der Waals surface area contributed by atoms with Crippen molar-refractivity contribution in [3.8, 4) is 17.2 Å². The molecular weight excluding hydrogens is 662 g/mol. The Morgan fingerprint density at radius 2 is 2.00 bits per heavy atom. The van der Waals surface area contributed by atoms with Crippen molar-refractivity contribution >= 4 is 50.9 Å². The molecule has 1 amide bonds. The van der Waals surface area contributed by atoms with Gasteiger partial charge in [-0.2, -0.15) is 5.26 Å². The summed E-state index contributed by atoms with van der Waals surface area (Å²) in [5, 5.41) is 14.8. The van der Waals surface area contributed by atoms with E-state index in [-0.39, 0.29) is 34.8 Å². The molecule has 12 heteroatoms. The maximum Gasteiger partial charge on any atom is 0.226 e. The smallest absolute Gasteiger partial charge is 0.226 e. The number of nitrogens with one attached hydrogen (secondary N) is 3. The molecule has 5 fully saturated rings. The van der Waals surface area contributed by atoms with Crippen molar-refractivity contribution in [1.82, 2.24) is 25.6 Å². The lowest BCUT2D eigenvalue weighted by Gasteiger charge is -2.24. The van der Waals surface area contributed by atoms with Gasteiger partial charge in [-0.15, -0.1) is 0 Å². The number of nitrogens with two attached hydrogens (primary N) is 2. The minimum Gasteiger partial charge on any atom is -0.403 e. The number of amides is 1. The number of fused-ring (bicyclic) bond motifs is 4. The lowest BCUT2D eigenvalue weighted by atomic mass is 9.87. The minimum absolute atomic E-state index is 0.0117. The Morgan fingerprint density at radius 3 is 2.59 bits per heavy atom. The second kappa shape index (κ2) is 14.9. The van der Waals surface area contributed by atoms with Gasteiger partial charge in [-0.3, -0.25) is 10.6 Å². The molecule has 2 saturated carbocycles. The summed E-state index contributed by atoms with van der Waals surface area (Å²) in [6, 6.07) is 12.2. The van der Waals surface area contributed by atoms with E-state index in [2.05, 4.69) is 32.8 Å². The summed E-state index contributed by atoms with van der Waals surface area (Å²) in [6.07, 6.45) is 8.76. The number of carbonyl (C=O) groups excluding carboxylic acids is 1. The summed E-state index contributed by atoms with van der Waals surface area (Å²) >= 11 is 12.8. The standard InChI is InChI=1S/C29H25Cl2FN4O.C5H9N.C3H9N3/c1-15-19-14-22(23-8-4-12-36(23)29(37)16-9-10-16)35-27(19)20-13-17(5-3-11-33)24(26(32)28(20)34-15)18-6-2-7-21(30)25(18)31;1-4-2-5(1)6-3-4;1-3(2-4)6-5/h2,6-7,13-14,16,23,35H,3-5,8-10,12H2,1H3;4-6H,1-3H2;2,6H,4-5H2,1H3/b;;3-2-. The van der Waals surface area contributed by atoms with Crippen LogP contribution in [0, 0.1) is 35.9 Å². The first-order valence-corrected chi connectivity index (χ1v) is 17.7. The van der Waals surface area contributed by atoms with Crippen LogP contribution < -0.4 is 22.3 Å².